The topological polar surface area (TPSA) is 61.7 Å². The molecule has 2 aromatic carbocycles. The minimum absolute atomic E-state index is 0.0657. The van der Waals surface area contributed by atoms with Gasteiger partial charge in [-0.3, -0.25) is 9.20 Å². The lowest BCUT2D eigenvalue weighted by Crippen LogP contribution is -2.31. The third-order valence-corrected chi connectivity index (χ3v) is 5.41. The first-order valence-electron chi connectivity index (χ1n) is 10.5. The average Bonchev–Trinajstić information content (AvgIpc) is 3.21. The van der Waals surface area contributed by atoms with E-state index >= 15 is 0 Å². The van der Waals surface area contributed by atoms with Crippen molar-refractivity contribution in [3.8, 4) is 11.3 Å². The van der Waals surface area contributed by atoms with Gasteiger partial charge in [-0.2, -0.15) is 0 Å². The minimum atomic E-state index is -0.0657. The number of likely N-dealkylation sites (N-methyl/N-ethyl adjacent to an activating group) is 1. The Bertz CT molecular complexity index is 1220. The van der Waals surface area contributed by atoms with Gasteiger partial charge in [0.05, 0.1) is 17.6 Å². The quantitative estimate of drug-likeness (QED) is 0.415. The summed E-state index contributed by atoms with van der Waals surface area (Å²) >= 11 is 6.08. The molecule has 7 heteroatoms. The first-order valence-corrected chi connectivity index (χ1v) is 10.9. The fourth-order valence-corrected chi connectivity index (χ4v) is 3.65. The Morgan fingerprint density at radius 2 is 1.91 bits per heavy atom. The molecule has 0 fully saturated rings. The number of aromatic nitrogens is 2. The second-order valence-electron chi connectivity index (χ2n) is 7.91. The number of anilines is 1. The summed E-state index contributed by atoms with van der Waals surface area (Å²) < 4.78 is 2.05. The van der Waals surface area contributed by atoms with Crippen molar-refractivity contribution < 1.29 is 4.79 Å². The number of hydrogen-bond donors (Lipinski definition) is 2. The number of nitrogens with one attached hydrogen (secondary N) is 2. The van der Waals surface area contributed by atoms with Crippen LogP contribution < -0.4 is 10.6 Å². The number of nitrogens with zero attached hydrogens (tertiary/aromatic N) is 3. The lowest BCUT2D eigenvalue weighted by Gasteiger charge is -2.11. The molecule has 6 nitrogen and oxygen atoms in total. The molecule has 0 saturated heterocycles. The van der Waals surface area contributed by atoms with Gasteiger partial charge in [0.2, 0.25) is 0 Å². The van der Waals surface area contributed by atoms with Crippen molar-refractivity contribution in [2.24, 2.45) is 0 Å². The van der Waals surface area contributed by atoms with E-state index in [1.54, 1.807) is 0 Å². The second kappa shape index (κ2) is 9.85. The normalized spacial score (nSPS) is 11.1. The minimum Gasteiger partial charge on any atom is -0.380 e. The Balaban J connectivity index is 1.49. The van der Waals surface area contributed by atoms with Crippen LogP contribution in [-0.2, 0) is 6.54 Å². The van der Waals surface area contributed by atoms with Crippen molar-refractivity contribution in [1.82, 2.24) is 19.6 Å². The highest BCUT2D eigenvalue weighted by molar-refractivity contribution is 6.30. The van der Waals surface area contributed by atoms with E-state index in [2.05, 4.69) is 15.6 Å². The van der Waals surface area contributed by atoms with Crippen LogP contribution >= 0.6 is 11.6 Å². The van der Waals surface area contributed by atoms with Crippen molar-refractivity contribution in [2.45, 2.75) is 6.54 Å². The van der Waals surface area contributed by atoms with Crippen molar-refractivity contribution in [3.63, 3.8) is 0 Å². The maximum Gasteiger partial charge on any atom is 0.251 e. The third kappa shape index (κ3) is 5.28. The van der Waals surface area contributed by atoms with Crippen LogP contribution in [0.2, 0.25) is 5.02 Å². The highest BCUT2D eigenvalue weighted by Gasteiger charge is 2.09. The van der Waals surface area contributed by atoms with Crippen molar-refractivity contribution in [2.75, 3.05) is 32.5 Å². The van der Waals surface area contributed by atoms with E-state index in [1.165, 1.54) is 0 Å². The Labute approximate surface area is 192 Å². The summed E-state index contributed by atoms with van der Waals surface area (Å²) in [6, 6.07) is 19.4. The number of carbonyl (C=O) groups excluding carboxylic acids is 1. The van der Waals surface area contributed by atoms with E-state index in [0.29, 0.717) is 18.7 Å². The van der Waals surface area contributed by atoms with E-state index in [4.69, 9.17) is 11.6 Å². The van der Waals surface area contributed by atoms with Gasteiger partial charge in [0.15, 0.2) is 0 Å². The number of fused-ring (bicyclic) bond motifs is 1. The van der Waals surface area contributed by atoms with Gasteiger partial charge in [-0.15, -0.1) is 0 Å². The van der Waals surface area contributed by atoms with Crippen LogP contribution in [0.15, 0.2) is 73.1 Å². The summed E-state index contributed by atoms with van der Waals surface area (Å²) in [6.07, 6.45) is 3.88. The van der Waals surface area contributed by atoms with Gasteiger partial charge in [-0.1, -0.05) is 35.9 Å². The number of pyridine rings is 1. The molecule has 2 heterocycles. The van der Waals surface area contributed by atoms with E-state index in [1.807, 2.05) is 96.5 Å². The number of imidazole rings is 1. The number of rotatable bonds is 8. The van der Waals surface area contributed by atoms with E-state index in [9.17, 15) is 4.79 Å². The van der Waals surface area contributed by atoms with Crippen LogP contribution in [-0.4, -0.2) is 47.4 Å². The fourth-order valence-electron chi connectivity index (χ4n) is 3.44. The average molecular weight is 448 g/mol. The largest absolute Gasteiger partial charge is 0.380 e. The maximum atomic E-state index is 12.3. The number of carbonyl (C=O) groups is 1. The van der Waals surface area contributed by atoms with E-state index in [-0.39, 0.29) is 5.91 Å². The summed E-state index contributed by atoms with van der Waals surface area (Å²) in [4.78, 5) is 18.9. The summed E-state index contributed by atoms with van der Waals surface area (Å²) in [7, 11) is 3.96. The molecule has 0 bridgehead atoms. The first kappa shape index (κ1) is 21.9. The predicted octanol–water partition coefficient (Wildman–Crippen LogP) is 4.56. The summed E-state index contributed by atoms with van der Waals surface area (Å²) in [5.74, 6) is -0.0657. The monoisotopic (exact) mass is 447 g/mol. The Kier molecular flexibility index (Phi) is 6.73. The lowest BCUT2D eigenvalue weighted by atomic mass is 10.1. The molecule has 32 heavy (non-hydrogen) atoms. The summed E-state index contributed by atoms with van der Waals surface area (Å²) in [5, 5.41) is 7.10. The summed E-state index contributed by atoms with van der Waals surface area (Å²) in [5.41, 5.74) is 5.56. The molecular formula is C25H26ClN5O. The molecule has 0 spiro atoms. The lowest BCUT2D eigenvalue weighted by molar-refractivity contribution is 0.0951. The van der Waals surface area contributed by atoms with Crippen LogP contribution in [0, 0.1) is 0 Å². The van der Waals surface area contributed by atoms with Gasteiger partial charge in [0, 0.05) is 42.0 Å². The zero-order chi connectivity index (χ0) is 22.5. The zero-order valence-corrected chi connectivity index (χ0v) is 18.9. The molecule has 2 N–H and O–H groups in total. The number of benzene rings is 2. The zero-order valence-electron chi connectivity index (χ0n) is 18.2. The molecule has 1 amide bonds. The number of halogens is 1. The van der Waals surface area contributed by atoms with E-state index < -0.39 is 0 Å². The Morgan fingerprint density at radius 3 is 2.66 bits per heavy atom. The van der Waals surface area contributed by atoms with Gasteiger partial charge in [-0.05, 0) is 56.1 Å². The number of hydrogen-bond acceptors (Lipinski definition) is 4. The van der Waals surface area contributed by atoms with Gasteiger partial charge in [0.25, 0.3) is 5.91 Å². The van der Waals surface area contributed by atoms with Crippen LogP contribution in [0.3, 0.4) is 0 Å². The maximum absolute atomic E-state index is 12.3. The van der Waals surface area contributed by atoms with Crippen LogP contribution in [0.4, 0.5) is 5.69 Å². The molecule has 0 aliphatic heterocycles. The molecule has 0 saturated carbocycles. The third-order valence-electron chi connectivity index (χ3n) is 5.18. The van der Waals surface area contributed by atoms with Gasteiger partial charge in [-0.25, -0.2) is 4.98 Å². The van der Waals surface area contributed by atoms with E-state index in [0.717, 1.165) is 39.7 Å². The van der Waals surface area contributed by atoms with Gasteiger partial charge < -0.3 is 15.5 Å². The predicted molar refractivity (Wildman–Crippen MR) is 130 cm³/mol. The molecule has 0 aliphatic carbocycles. The smallest absolute Gasteiger partial charge is 0.251 e. The van der Waals surface area contributed by atoms with Crippen molar-refractivity contribution >= 4 is 28.8 Å². The summed E-state index contributed by atoms with van der Waals surface area (Å²) in [6.45, 7) is 2.10. The molecule has 0 radical (unpaired) electrons. The first-order chi connectivity index (χ1) is 15.5. The highest BCUT2D eigenvalue weighted by Crippen LogP contribution is 2.23. The molecule has 0 unspecified atom stereocenters. The van der Waals surface area contributed by atoms with Crippen LogP contribution in [0.1, 0.15) is 15.9 Å². The molecule has 4 rings (SSSR count). The van der Waals surface area contributed by atoms with Gasteiger partial charge in [0.1, 0.15) is 5.65 Å². The number of amides is 1. The second-order valence-corrected chi connectivity index (χ2v) is 8.35. The van der Waals surface area contributed by atoms with Crippen molar-refractivity contribution in [1.29, 1.82) is 0 Å². The molecule has 4 aromatic rings. The molecule has 2 aromatic heterocycles. The highest BCUT2D eigenvalue weighted by atomic mass is 35.5. The fraction of sp³-hybridized carbons (Fsp3) is 0.200. The molecular weight excluding hydrogens is 422 g/mol. The Morgan fingerprint density at radius 1 is 1.09 bits per heavy atom. The van der Waals surface area contributed by atoms with Gasteiger partial charge >= 0.3 is 0 Å². The van der Waals surface area contributed by atoms with Crippen LogP contribution in [0.25, 0.3) is 16.9 Å². The Hall–Kier alpha value is -3.35. The molecule has 164 valence electrons. The standard InChI is InChI=1S/C25H26ClN5O/c1-30(2)13-12-27-25(32)20-8-6-19(7-9-20)23-16-29-24-11-10-22(17-31(23)24)28-15-18-4-3-5-21(26)14-18/h3-11,14,16-17,28H,12-13,15H2,1-2H3,(H,27,32). The van der Waals surface area contributed by atoms with Crippen LogP contribution in [0.5, 0.6) is 0 Å². The van der Waals surface area contributed by atoms with Crippen molar-refractivity contribution in [3.05, 3.63) is 89.2 Å². The molecule has 0 atom stereocenters. The molecule has 0 aliphatic rings. The SMILES string of the molecule is CN(C)CCNC(=O)c1ccc(-c2cnc3ccc(NCc4cccc(Cl)c4)cn23)cc1.